The quantitative estimate of drug-likeness (QED) is 0.501. The van der Waals surface area contributed by atoms with Gasteiger partial charge in [-0.05, 0) is 31.0 Å². The van der Waals surface area contributed by atoms with Gasteiger partial charge in [0.2, 0.25) is 11.9 Å². The molecule has 1 unspecified atom stereocenters. The Morgan fingerprint density at radius 2 is 2.00 bits per heavy atom. The van der Waals surface area contributed by atoms with Crippen LogP contribution in [0.25, 0.3) is 11.0 Å². The predicted octanol–water partition coefficient (Wildman–Crippen LogP) is 1.95. The van der Waals surface area contributed by atoms with E-state index in [1.165, 1.54) is 0 Å². The number of pyridine rings is 1. The summed E-state index contributed by atoms with van der Waals surface area (Å²) in [5.41, 5.74) is 1.70. The lowest BCUT2D eigenvalue weighted by molar-refractivity contribution is -0.124. The number of fused-ring (bicyclic) bond motifs is 1. The van der Waals surface area contributed by atoms with E-state index >= 15 is 0 Å². The maximum absolute atomic E-state index is 12.1. The van der Waals surface area contributed by atoms with Crippen molar-refractivity contribution < 1.29 is 14.3 Å². The van der Waals surface area contributed by atoms with Crippen LogP contribution in [0.1, 0.15) is 12.8 Å². The molecular weight excluding hydrogens is 422 g/mol. The molecule has 2 aliphatic rings. The Kier molecular flexibility index (Phi) is 6.63. The fourth-order valence-corrected chi connectivity index (χ4v) is 4.13. The minimum Gasteiger partial charge on any atom is -0.381 e. The van der Waals surface area contributed by atoms with Crippen molar-refractivity contribution in [2.24, 2.45) is 5.92 Å². The minimum absolute atomic E-state index is 0.00351. The number of ether oxygens (including phenoxy) is 2. The SMILES string of the molecule is O=C(NCCCn1ccc2cnc(Nc3ccc(N4CCOCC4)nc3)nc21)C1CCOC1. The number of morpholine rings is 1. The summed E-state index contributed by atoms with van der Waals surface area (Å²) in [5.74, 6) is 1.56. The molecule has 10 heteroatoms. The Bertz CT molecular complexity index is 1070. The summed E-state index contributed by atoms with van der Waals surface area (Å²) in [4.78, 5) is 28.0. The molecule has 33 heavy (non-hydrogen) atoms. The molecule has 2 fully saturated rings. The number of nitrogens with one attached hydrogen (secondary N) is 2. The van der Waals surface area contributed by atoms with Gasteiger partial charge < -0.3 is 29.6 Å². The first-order valence-corrected chi connectivity index (χ1v) is 11.5. The summed E-state index contributed by atoms with van der Waals surface area (Å²) < 4.78 is 12.8. The average molecular weight is 452 g/mol. The number of nitrogens with zero attached hydrogens (tertiary/aromatic N) is 5. The van der Waals surface area contributed by atoms with E-state index in [4.69, 9.17) is 14.5 Å². The Hall–Kier alpha value is -3.24. The molecule has 5 rings (SSSR count). The number of carbonyl (C=O) groups is 1. The molecule has 0 aliphatic carbocycles. The fraction of sp³-hybridized carbons (Fsp3) is 0.478. The lowest BCUT2D eigenvalue weighted by Crippen LogP contribution is -2.36. The summed E-state index contributed by atoms with van der Waals surface area (Å²) in [6.07, 6.45) is 7.26. The third-order valence-electron chi connectivity index (χ3n) is 6.02. The van der Waals surface area contributed by atoms with Gasteiger partial charge in [-0.3, -0.25) is 4.79 Å². The van der Waals surface area contributed by atoms with Crippen LogP contribution in [-0.2, 0) is 20.8 Å². The molecule has 10 nitrogen and oxygen atoms in total. The highest BCUT2D eigenvalue weighted by Crippen LogP contribution is 2.20. The zero-order valence-corrected chi connectivity index (χ0v) is 18.6. The van der Waals surface area contributed by atoms with Gasteiger partial charge in [0.15, 0.2) is 0 Å². The molecule has 1 amide bonds. The zero-order valence-electron chi connectivity index (χ0n) is 18.6. The van der Waals surface area contributed by atoms with E-state index in [1.54, 1.807) is 6.20 Å². The smallest absolute Gasteiger partial charge is 0.229 e. The molecule has 3 aromatic rings. The van der Waals surface area contributed by atoms with Crippen molar-refractivity contribution in [3.05, 3.63) is 36.8 Å². The lowest BCUT2D eigenvalue weighted by atomic mass is 10.1. The van der Waals surface area contributed by atoms with Crippen LogP contribution in [-0.4, -0.2) is 71.5 Å². The average Bonchev–Trinajstić information content (AvgIpc) is 3.53. The number of hydrogen-bond acceptors (Lipinski definition) is 8. The second-order valence-electron chi connectivity index (χ2n) is 8.32. The second-order valence-corrected chi connectivity index (χ2v) is 8.32. The van der Waals surface area contributed by atoms with E-state index in [0.29, 0.717) is 25.7 Å². The number of anilines is 3. The molecule has 0 spiro atoms. The highest BCUT2D eigenvalue weighted by Gasteiger charge is 2.22. The largest absolute Gasteiger partial charge is 0.381 e. The molecule has 0 aromatic carbocycles. The van der Waals surface area contributed by atoms with Gasteiger partial charge in [0.25, 0.3) is 0 Å². The van der Waals surface area contributed by atoms with E-state index in [-0.39, 0.29) is 11.8 Å². The Labute approximate surface area is 192 Å². The second kappa shape index (κ2) is 10.1. The van der Waals surface area contributed by atoms with Gasteiger partial charge in [-0.25, -0.2) is 9.97 Å². The van der Waals surface area contributed by atoms with E-state index in [1.807, 2.05) is 30.6 Å². The van der Waals surface area contributed by atoms with Crippen LogP contribution >= 0.6 is 0 Å². The van der Waals surface area contributed by atoms with Crippen molar-refractivity contribution in [2.45, 2.75) is 19.4 Å². The van der Waals surface area contributed by atoms with E-state index < -0.39 is 0 Å². The first-order chi connectivity index (χ1) is 16.3. The lowest BCUT2D eigenvalue weighted by Gasteiger charge is -2.27. The molecule has 1 atom stereocenters. The molecule has 0 bridgehead atoms. The van der Waals surface area contributed by atoms with Gasteiger partial charge in [-0.15, -0.1) is 0 Å². The van der Waals surface area contributed by atoms with Gasteiger partial charge in [0.1, 0.15) is 11.5 Å². The van der Waals surface area contributed by atoms with Gasteiger partial charge >= 0.3 is 0 Å². The Balaban J connectivity index is 1.17. The topological polar surface area (TPSA) is 106 Å². The fourth-order valence-electron chi connectivity index (χ4n) is 4.13. The first-order valence-electron chi connectivity index (χ1n) is 11.5. The summed E-state index contributed by atoms with van der Waals surface area (Å²) in [7, 11) is 0. The van der Waals surface area contributed by atoms with Crippen molar-refractivity contribution in [1.29, 1.82) is 0 Å². The first kappa shape index (κ1) is 21.6. The number of amides is 1. The van der Waals surface area contributed by atoms with E-state index in [0.717, 1.165) is 68.2 Å². The van der Waals surface area contributed by atoms with E-state index in [2.05, 4.69) is 30.1 Å². The van der Waals surface area contributed by atoms with E-state index in [9.17, 15) is 4.79 Å². The Morgan fingerprint density at radius 3 is 2.79 bits per heavy atom. The van der Waals surface area contributed by atoms with Crippen molar-refractivity contribution in [3.8, 4) is 0 Å². The molecule has 0 radical (unpaired) electrons. The number of aryl methyl sites for hydroxylation is 1. The van der Waals surface area contributed by atoms with Crippen molar-refractivity contribution >= 4 is 34.4 Å². The van der Waals surface area contributed by atoms with Crippen LogP contribution in [0.5, 0.6) is 0 Å². The van der Waals surface area contributed by atoms with Gasteiger partial charge in [0, 0.05) is 50.6 Å². The molecule has 2 N–H and O–H groups in total. The summed E-state index contributed by atoms with van der Waals surface area (Å²) >= 11 is 0. The molecule has 174 valence electrons. The van der Waals surface area contributed by atoms with Crippen molar-refractivity contribution in [3.63, 3.8) is 0 Å². The molecular formula is C23H29N7O3. The maximum Gasteiger partial charge on any atom is 0.229 e. The Morgan fingerprint density at radius 1 is 1.09 bits per heavy atom. The van der Waals surface area contributed by atoms with Crippen LogP contribution in [0.3, 0.4) is 0 Å². The van der Waals surface area contributed by atoms with Crippen LogP contribution in [0.4, 0.5) is 17.5 Å². The summed E-state index contributed by atoms with van der Waals surface area (Å²) in [6, 6.07) is 6.00. The molecule has 3 aromatic heterocycles. The van der Waals surface area contributed by atoms with Crippen LogP contribution in [0.15, 0.2) is 36.8 Å². The van der Waals surface area contributed by atoms with Gasteiger partial charge in [0.05, 0.1) is 37.6 Å². The summed E-state index contributed by atoms with van der Waals surface area (Å²) in [5, 5.41) is 7.24. The minimum atomic E-state index is -0.00351. The third kappa shape index (κ3) is 5.23. The van der Waals surface area contributed by atoms with Crippen molar-refractivity contribution in [1.82, 2.24) is 24.8 Å². The monoisotopic (exact) mass is 451 g/mol. The zero-order chi connectivity index (χ0) is 22.5. The third-order valence-corrected chi connectivity index (χ3v) is 6.02. The summed E-state index contributed by atoms with van der Waals surface area (Å²) in [6.45, 7) is 5.78. The van der Waals surface area contributed by atoms with Crippen LogP contribution in [0, 0.1) is 5.92 Å². The van der Waals surface area contributed by atoms with Gasteiger partial charge in [-0.1, -0.05) is 0 Å². The van der Waals surface area contributed by atoms with Crippen molar-refractivity contribution in [2.75, 3.05) is 56.3 Å². The standard InChI is InChI=1S/C23H29N7O3/c31-22(18-5-11-33-16-18)24-6-1-7-30-8-4-17-14-26-23(28-21(17)30)27-19-2-3-20(25-15-19)29-9-12-32-13-10-29/h2-4,8,14-15,18H,1,5-7,9-13,16H2,(H,24,31)(H,26,27,28). The maximum atomic E-state index is 12.1. The van der Waals surface area contributed by atoms with Crippen LogP contribution < -0.4 is 15.5 Å². The van der Waals surface area contributed by atoms with Crippen LogP contribution in [0.2, 0.25) is 0 Å². The number of aromatic nitrogens is 4. The molecule has 5 heterocycles. The predicted molar refractivity (Wildman–Crippen MR) is 125 cm³/mol. The number of rotatable bonds is 8. The number of hydrogen-bond donors (Lipinski definition) is 2. The number of carbonyl (C=O) groups excluding carboxylic acids is 1. The molecule has 0 saturated carbocycles. The highest BCUT2D eigenvalue weighted by atomic mass is 16.5. The highest BCUT2D eigenvalue weighted by molar-refractivity contribution is 5.79. The molecule has 2 aliphatic heterocycles. The molecule has 2 saturated heterocycles. The normalized spacial score (nSPS) is 18.5. The van der Waals surface area contributed by atoms with Gasteiger partial charge in [-0.2, -0.15) is 4.98 Å².